The number of ether oxygens (including phenoxy) is 1. The maximum atomic E-state index is 13.0. The first kappa shape index (κ1) is 22.3. The van der Waals surface area contributed by atoms with Crippen LogP contribution < -0.4 is 15.0 Å². The number of anilines is 2. The molecule has 0 aliphatic carbocycles. The van der Waals surface area contributed by atoms with Gasteiger partial charge in [0.2, 0.25) is 0 Å². The SMILES string of the molecule is Cc1ccc(Oc2ccccc2NC(=O)c2ccc(N3CCN(C)CC3)c([N+](=O)[O-])c2)cc1. The minimum atomic E-state index is -0.442. The lowest BCUT2D eigenvalue weighted by Gasteiger charge is -2.33. The number of benzene rings is 3. The first-order valence-corrected chi connectivity index (χ1v) is 10.8. The molecule has 1 aliphatic rings. The summed E-state index contributed by atoms with van der Waals surface area (Å²) in [5, 5.41) is 14.6. The Labute approximate surface area is 192 Å². The number of hydrogen-bond acceptors (Lipinski definition) is 6. The van der Waals surface area contributed by atoms with E-state index in [4.69, 9.17) is 4.74 Å². The average molecular weight is 447 g/mol. The van der Waals surface area contributed by atoms with E-state index in [0.717, 1.165) is 18.7 Å². The van der Waals surface area contributed by atoms with E-state index in [1.807, 2.05) is 49.2 Å². The molecule has 0 bridgehead atoms. The molecule has 4 rings (SSSR count). The second-order valence-electron chi connectivity index (χ2n) is 8.12. The maximum Gasteiger partial charge on any atom is 0.293 e. The van der Waals surface area contributed by atoms with Gasteiger partial charge in [0.15, 0.2) is 5.75 Å². The van der Waals surface area contributed by atoms with Crippen molar-refractivity contribution in [1.82, 2.24) is 4.90 Å². The molecule has 0 aromatic heterocycles. The minimum absolute atomic E-state index is 0.0728. The first-order valence-electron chi connectivity index (χ1n) is 10.8. The molecule has 0 atom stereocenters. The van der Waals surface area contributed by atoms with Crippen LogP contribution in [0.15, 0.2) is 66.7 Å². The van der Waals surface area contributed by atoms with Gasteiger partial charge in [0.05, 0.1) is 10.6 Å². The number of carbonyl (C=O) groups excluding carboxylic acids is 1. The summed E-state index contributed by atoms with van der Waals surface area (Å²) < 4.78 is 5.94. The van der Waals surface area contributed by atoms with Gasteiger partial charge in [-0.2, -0.15) is 0 Å². The molecule has 1 fully saturated rings. The molecule has 1 aliphatic heterocycles. The summed E-state index contributed by atoms with van der Waals surface area (Å²) in [5.41, 5.74) is 2.27. The van der Waals surface area contributed by atoms with Crippen LogP contribution in [0.4, 0.5) is 17.1 Å². The molecule has 33 heavy (non-hydrogen) atoms. The second kappa shape index (κ2) is 9.70. The number of hydrogen-bond donors (Lipinski definition) is 1. The van der Waals surface area contributed by atoms with Gasteiger partial charge < -0.3 is 19.9 Å². The minimum Gasteiger partial charge on any atom is -0.455 e. The average Bonchev–Trinajstić information content (AvgIpc) is 2.82. The van der Waals surface area contributed by atoms with Crippen molar-refractivity contribution in [1.29, 1.82) is 0 Å². The molecular weight excluding hydrogens is 420 g/mol. The lowest BCUT2D eigenvalue weighted by molar-refractivity contribution is -0.384. The molecule has 8 heteroatoms. The Morgan fingerprint density at radius 2 is 1.70 bits per heavy atom. The van der Waals surface area contributed by atoms with E-state index in [0.29, 0.717) is 36.0 Å². The van der Waals surface area contributed by atoms with Crippen molar-refractivity contribution >= 4 is 23.0 Å². The quantitative estimate of drug-likeness (QED) is 0.436. The highest BCUT2D eigenvalue weighted by Crippen LogP contribution is 2.32. The third-order valence-corrected chi connectivity index (χ3v) is 5.66. The van der Waals surface area contributed by atoms with Crippen LogP contribution in [0.2, 0.25) is 0 Å². The Balaban J connectivity index is 1.55. The highest BCUT2D eigenvalue weighted by Gasteiger charge is 2.24. The molecule has 0 unspecified atom stereocenters. The molecule has 3 aromatic carbocycles. The van der Waals surface area contributed by atoms with Crippen molar-refractivity contribution in [2.24, 2.45) is 0 Å². The van der Waals surface area contributed by atoms with E-state index >= 15 is 0 Å². The Morgan fingerprint density at radius 1 is 1.00 bits per heavy atom. The van der Waals surface area contributed by atoms with Crippen molar-refractivity contribution < 1.29 is 14.5 Å². The highest BCUT2D eigenvalue weighted by atomic mass is 16.6. The molecule has 1 N–H and O–H groups in total. The van der Waals surface area contributed by atoms with Crippen LogP contribution in [0.5, 0.6) is 11.5 Å². The van der Waals surface area contributed by atoms with Gasteiger partial charge in [-0.3, -0.25) is 14.9 Å². The number of nitrogens with zero attached hydrogens (tertiary/aromatic N) is 3. The van der Waals surface area contributed by atoms with E-state index in [-0.39, 0.29) is 11.3 Å². The largest absolute Gasteiger partial charge is 0.455 e. The molecule has 170 valence electrons. The van der Waals surface area contributed by atoms with Gasteiger partial charge in [0.25, 0.3) is 11.6 Å². The molecule has 0 radical (unpaired) electrons. The van der Waals surface area contributed by atoms with E-state index in [2.05, 4.69) is 10.2 Å². The summed E-state index contributed by atoms with van der Waals surface area (Å²) >= 11 is 0. The van der Waals surface area contributed by atoms with Crippen LogP contribution >= 0.6 is 0 Å². The fourth-order valence-electron chi connectivity index (χ4n) is 3.71. The molecule has 1 amide bonds. The first-order chi connectivity index (χ1) is 15.9. The predicted molar refractivity (Wildman–Crippen MR) is 128 cm³/mol. The highest BCUT2D eigenvalue weighted by molar-refractivity contribution is 6.05. The molecule has 3 aromatic rings. The number of likely N-dealkylation sites (N-methyl/N-ethyl adjacent to an activating group) is 1. The zero-order valence-corrected chi connectivity index (χ0v) is 18.7. The molecular formula is C25H26N4O4. The smallest absolute Gasteiger partial charge is 0.293 e. The lowest BCUT2D eigenvalue weighted by atomic mass is 10.1. The summed E-state index contributed by atoms with van der Waals surface area (Å²) in [6.45, 7) is 5.06. The number of nitro benzene ring substituents is 1. The topological polar surface area (TPSA) is 88.0 Å². The molecule has 1 saturated heterocycles. The Morgan fingerprint density at radius 3 is 2.39 bits per heavy atom. The molecule has 8 nitrogen and oxygen atoms in total. The van der Waals surface area contributed by atoms with Gasteiger partial charge in [-0.25, -0.2) is 0 Å². The number of piperazine rings is 1. The number of nitro groups is 1. The zero-order valence-electron chi connectivity index (χ0n) is 18.7. The Hall–Kier alpha value is -3.91. The van der Waals surface area contributed by atoms with E-state index in [9.17, 15) is 14.9 Å². The number of nitrogens with one attached hydrogen (secondary N) is 1. The zero-order chi connectivity index (χ0) is 23.4. The van der Waals surface area contributed by atoms with E-state index < -0.39 is 10.8 Å². The fraction of sp³-hybridized carbons (Fsp3) is 0.240. The van der Waals surface area contributed by atoms with Gasteiger partial charge in [-0.1, -0.05) is 29.8 Å². The standard InChI is InChI=1S/C25H26N4O4/c1-18-7-10-20(11-8-18)33-24-6-4-3-5-21(24)26-25(30)19-9-12-22(23(17-19)29(31)32)28-15-13-27(2)14-16-28/h3-12,17H,13-16H2,1-2H3,(H,26,30). The number of carbonyl (C=O) groups is 1. The molecule has 0 spiro atoms. The van der Waals surface area contributed by atoms with Crippen LogP contribution in [0.1, 0.15) is 15.9 Å². The van der Waals surface area contributed by atoms with E-state index in [1.54, 1.807) is 30.3 Å². The third kappa shape index (κ3) is 5.30. The van der Waals surface area contributed by atoms with Crippen LogP contribution in [-0.4, -0.2) is 49.0 Å². The number of amides is 1. The second-order valence-corrected chi connectivity index (χ2v) is 8.12. The predicted octanol–water partition coefficient (Wildman–Crippen LogP) is 4.70. The van der Waals surface area contributed by atoms with Crippen molar-refractivity contribution in [2.75, 3.05) is 43.4 Å². The van der Waals surface area contributed by atoms with Crippen molar-refractivity contribution in [2.45, 2.75) is 6.92 Å². The van der Waals surface area contributed by atoms with Gasteiger partial charge in [0, 0.05) is 37.8 Å². The normalized spacial score (nSPS) is 14.1. The Bertz CT molecular complexity index is 1160. The van der Waals surface area contributed by atoms with Gasteiger partial charge >= 0.3 is 0 Å². The van der Waals surface area contributed by atoms with E-state index in [1.165, 1.54) is 6.07 Å². The monoisotopic (exact) mass is 446 g/mol. The number of aryl methyl sites for hydroxylation is 1. The van der Waals surface area contributed by atoms with Crippen molar-refractivity contribution in [3.05, 3.63) is 88.0 Å². The Kier molecular flexibility index (Phi) is 6.55. The van der Waals surface area contributed by atoms with Gasteiger partial charge in [-0.05, 0) is 50.4 Å². The summed E-state index contributed by atoms with van der Waals surface area (Å²) in [6, 6.07) is 19.3. The van der Waals surface area contributed by atoms with Crippen LogP contribution in [0.3, 0.4) is 0 Å². The van der Waals surface area contributed by atoms with Gasteiger partial charge in [0.1, 0.15) is 11.4 Å². The summed E-state index contributed by atoms with van der Waals surface area (Å²) in [4.78, 5) is 28.5. The number of para-hydroxylation sites is 2. The summed E-state index contributed by atoms with van der Waals surface area (Å²) in [6.07, 6.45) is 0. The van der Waals surface area contributed by atoms with Gasteiger partial charge in [-0.15, -0.1) is 0 Å². The molecule has 0 saturated carbocycles. The maximum absolute atomic E-state index is 13.0. The summed E-state index contributed by atoms with van der Waals surface area (Å²) in [5.74, 6) is 0.690. The van der Waals surface area contributed by atoms with Crippen LogP contribution in [0.25, 0.3) is 0 Å². The summed E-state index contributed by atoms with van der Waals surface area (Å²) in [7, 11) is 2.03. The van der Waals surface area contributed by atoms with Crippen molar-refractivity contribution in [3.63, 3.8) is 0 Å². The number of rotatable bonds is 6. The van der Waals surface area contributed by atoms with Crippen LogP contribution in [-0.2, 0) is 0 Å². The molecule has 1 heterocycles. The fourth-order valence-corrected chi connectivity index (χ4v) is 3.71. The van der Waals surface area contributed by atoms with Crippen molar-refractivity contribution in [3.8, 4) is 11.5 Å². The van der Waals surface area contributed by atoms with Crippen LogP contribution in [0, 0.1) is 17.0 Å². The lowest BCUT2D eigenvalue weighted by Crippen LogP contribution is -2.44. The third-order valence-electron chi connectivity index (χ3n) is 5.66.